The fourth-order valence-electron chi connectivity index (χ4n) is 1.31. The van der Waals surface area contributed by atoms with E-state index in [0.29, 0.717) is 0 Å². The molecule has 0 amide bonds. The molecule has 0 atom stereocenters. The molecule has 1 aliphatic heterocycles. The van der Waals surface area contributed by atoms with E-state index in [2.05, 4.69) is 5.16 Å². The average molecular weight is 217 g/mol. The van der Waals surface area contributed by atoms with Gasteiger partial charge in [0.15, 0.2) is 0 Å². The summed E-state index contributed by atoms with van der Waals surface area (Å²) in [5, 5.41) is 2.62. The van der Waals surface area contributed by atoms with Crippen molar-refractivity contribution in [2.75, 3.05) is 11.5 Å². The summed E-state index contributed by atoms with van der Waals surface area (Å²) in [6.07, 6.45) is 1.24. The van der Waals surface area contributed by atoms with Crippen LogP contribution in [0.2, 0.25) is 0 Å². The predicted octanol–water partition coefficient (Wildman–Crippen LogP) is 2.15. The molecule has 0 radical (unpaired) electrons. The molecular formula is C8H11NO2S2. The zero-order chi connectivity index (χ0) is 9.26. The number of nitrogens with one attached hydrogen (secondary N) is 1. The number of aryl methyl sites for hydroxylation is 1. The van der Waals surface area contributed by atoms with Gasteiger partial charge in [-0.25, -0.2) is 9.95 Å². The highest BCUT2D eigenvalue weighted by Crippen LogP contribution is 2.43. The monoisotopic (exact) mass is 217 g/mol. The summed E-state index contributed by atoms with van der Waals surface area (Å²) in [6.45, 7) is 1.88. The molecule has 3 nitrogen and oxygen atoms in total. The van der Waals surface area contributed by atoms with Gasteiger partial charge < -0.3 is 4.52 Å². The second kappa shape index (κ2) is 3.84. The topological polar surface area (TPSA) is 46.0 Å². The van der Waals surface area contributed by atoms with Gasteiger partial charge in [-0.15, -0.1) is 23.5 Å². The smallest absolute Gasteiger partial charge is 0.338 e. The van der Waals surface area contributed by atoms with Gasteiger partial charge in [0.2, 0.25) is 0 Å². The van der Waals surface area contributed by atoms with Gasteiger partial charge in [0.1, 0.15) is 0 Å². The van der Waals surface area contributed by atoms with Crippen molar-refractivity contribution >= 4 is 23.5 Å². The number of H-pyrrole nitrogens is 1. The van der Waals surface area contributed by atoms with Crippen LogP contribution in [-0.4, -0.2) is 16.7 Å². The van der Waals surface area contributed by atoms with Crippen molar-refractivity contribution in [3.63, 3.8) is 0 Å². The Labute approximate surface area is 84.6 Å². The Morgan fingerprint density at radius 2 is 2.15 bits per heavy atom. The van der Waals surface area contributed by atoms with E-state index in [1.807, 2.05) is 30.4 Å². The predicted molar refractivity (Wildman–Crippen MR) is 56.3 cm³/mol. The van der Waals surface area contributed by atoms with Gasteiger partial charge in [0.25, 0.3) is 0 Å². The standard InChI is InChI=1S/C8H11NO2S2/c1-5-6(7(10)11-9-5)8-12-3-2-4-13-8/h8-9H,2-4H2,1H3. The molecule has 0 aliphatic carbocycles. The minimum atomic E-state index is -0.204. The summed E-state index contributed by atoms with van der Waals surface area (Å²) in [6, 6.07) is 0. The van der Waals surface area contributed by atoms with Gasteiger partial charge in [-0.1, -0.05) is 0 Å². The Bertz CT molecular complexity index is 338. The van der Waals surface area contributed by atoms with Crippen LogP contribution < -0.4 is 5.63 Å². The minimum absolute atomic E-state index is 0.204. The van der Waals surface area contributed by atoms with Crippen molar-refractivity contribution in [2.45, 2.75) is 17.9 Å². The lowest BCUT2D eigenvalue weighted by atomic mass is 10.3. The van der Waals surface area contributed by atoms with Crippen LogP contribution in [0.15, 0.2) is 9.32 Å². The molecule has 1 fully saturated rings. The van der Waals surface area contributed by atoms with Crippen LogP contribution in [0, 0.1) is 6.92 Å². The lowest BCUT2D eigenvalue weighted by molar-refractivity contribution is 0.386. The van der Waals surface area contributed by atoms with Gasteiger partial charge in [-0.05, 0) is 24.9 Å². The molecule has 2 heterocycles. The van der Waals surface area contributed by atoms with Crippen molar-refractivity contribution in [3.05, 3.63) is 21.7 Å². The third-order valence-corrected chi connectivity index (χ3v) is 4.93. The maximum absolute atomic E-state index is 11.3. The van der Waals surface area contributed by atoms with E-state index in [9.17, 15) is 4.79 Å². The fraction of sp³-hybridized carbons (Fsp3) is 0.625. The number of rotatable bonds is 1. The molecule has 1 saturated heterocycles. The van der Waals surface area contributed by atoms with Crippen molar-refractivity contribution in [3.8, 4) is 0 Å². The summed E-state index contributed by atoms with van der Waals surface area (Å²) in [4.78, 5) is 11.3. The Kier molecular flexibility index (Phi) is 2.74. The highest BCUT2D eigenvalue weighted by molar-refractivity contribution is 8.16. The molecule has 0 unspecified atom stereocenters. The number of hydrogen-bond donors (Lipinski definition) is 1. The van der Waals surface area contributed by atoms with Crippen molar-refractivity contribution in [2.24, 2.45) is 0 Å². The molecule has 1 aliphatic rings. The van der Waals surface area contributed by atoms with E-state index in [-0.39, 0.29) is 10.2 Å². The summed E-state index contributed by atoms with van der Waals surface area (Å²) >= 11 is 3.66. The number of aromatic nitrogens is 1. The van der Waals surface area contributed by atoms with Gasteiger partial charge in [0, 0.05) is 0 Å². The molecule has 0 spiro atoms. The zero-order valence-electron chi connectivity index (χ0n) is 7.33. The first-order valence-electron chi connectivity index (χ1n) is 4.20. The van der Waals surface area contributed by atoms with Gasteiger partial charge >= 0.3 is 5.63 Å². The van der Waals surface area contributed by atoms with Gasteiger partial charge in [-0.3, -0.25) is 0 Å². The highest BCUT2D eigenvalue weighted by atomic mass is 32.2. The van der Waals surface area contributed by atoms with Crippen LogP contribution in [-0.2, 0) is 0 Å². The van der Waals surface area contributed by atoms with Crippen molar-refractivity contribution < 1.29 is 4.52 Å². The molecule has 1 aromatic rings. The van der Waals surface area contributed by atoms with Crippen LogP contribution in [0.4, 0.5) is 0 Å². The SMILES string of the molecule is Cc1[nH]oc(=O)c1C1SCCCS1. The maximum Gasteiger partial charge on any atom is 0.362 e. The lowest BCUT2D eigenvalue weighted by Crippen LogP contribution is -2.09. The summed E-state index contributed by atoms with van der Waals surface area (Å²) in [5.41, 5.74) is 1.48. The largest absolute Gasteiger partial charge is 0.362 e. The second-order valence-electron chi connectivity index (χ2n) is 2.96. The molecule has 5 heteroatoms. The number of thioether (sulfide) groups is 2. The first kappa shape index (κ1) is 9.27. The third kappa shape index (κ3) is 1.81. The number of hydrogen-bond acceptors (Lipinski definition) is 4. The molecule has 0 bridgehead atoms. The lowest BCUT2D eigenvalue weighted by Gasteiger charge is -2.18. The Morgan fingerprint density at radius 3 is 2.69 bits per heavy atom. The van der Waals surface area contributed by atoms with E-state index < -0.39 is 0 Å². The first-order chi connectivity index (χ1) is 6.29. The second-order valence-corrected chi connectivity index (χ2v) is 5.68. The third-order valence-electron chi connectivity index (χ3n) is 1.98. The van der Waals surface area contributed by atoms with Crippen LogP contribution in [0.25, 0.3) is 0 Å². The molecule has 0 saturated carbocycles. The Hall–Kier alpha value is -0.290. The molecule has 72 valence electrons. The van der Waals surface area contributed by atoms with Gasteiger partial charge in [0.05, 0.1) is 15.8 Å². The van der Waals surface area contributed by atoms with E-state index in [4.69, 9.17) is 4.52 Å². The Morgan fingerprint density at radius 1 is 1.46 bits per heavy atom. The maximum atomic E-state index is 11.3. The van der Waals surface area contributed by atoms with E-state index in [1.165, 1.54) is 6.42 Å². The summed E-state index contributed by atoms with van der Waals surface area (Å²) in [7, 11) is 0. The zero-order valence-corrected chi connectivity index (χ0v) is 8.96. The molecule has 1 N–H and O–H groups in total. The Balaban J connectivity index is 2.27. The highest BCUT2D eigenvalue weighted by Gasteiger charge is 2.23. The van der Waals surface area contributed by atoms with E-state index in [0.717, 1.165) is 22.8 Å². The molecular weight excluding hydrogens is 206 g/mol. The summed E-state index contributed by atoms with van der Waals surface area (Å²) < 4.78 is 5.02. The number of aromatic amines is 1. The molecule has 1 aromatic heterocycles. The minimum Gasteiger partial charge on any atom is -0.338 e. The van der Waals surface area contributed by atoms with Crippen LogP contribution >= 0.6 is 23.5 Å². The van der Waals surface area contributed by atoms with Crippen LogP contribution in [0.5, 0.6) is 0 Å². The van der Waals surface area contributed by atoms with Crippen molar-refractivity contribution in [1.82, 2.24) is 5.16 Å². The first-order valence-corrected chi connectivity index (χ1v) is 6.30. The normalized spacial score (nSPS) is 19.2. The fourth-order valence-corrected chi connectivity index (χ4v) is 4.39. The van der Waals surface area contributed by atoms with E-state index >= 15 is 0 Å². The average Bonchev–Trinajstić information content (AvgIpc) is 2.48. The quantitative estimate of drug-likeness (QED) is 0.783. The molecule has 0 aromatic carbocycles. The van der Waals surface area contributed by atoms with E-state index in [1.54, 1.807) is 0 Å². The van der Waals surface area contributed by atoms with Crippen molar-refractivity contribution in [1.29, 1.82) is 0 Å². The van der Waals surface area contributed by atoms with Gasteiger partial charge in [-0.2, -0.15) is 0 Å². The van der Waals surface area contributed by atoms with Crippen LogP contribution in [0.1, 0.15) is 22.3 Å². The van der Waals surface area contributed by atoms with Crippen LogP contribution in [0.3, 0.4) is 0 Å². The summed E-state index contributed by atoms with van der Waals surface area (Å²) in [5.74, 6) is 2.28. The molecule has 13 heavy (non-hydrogen) atoms. The molecule has 2 rings (SSSR count).